The van der Waals surface area contributed by atoms with Gasteiger partial charge in [0.2, 0.25) is 0 Å². The zero-order chi connectivity index (χ0) is 7.44. The summed E-state index contributed by atoms with van der Waals surface area (Å²) in [5, 5.41) is 0. The predicted molar refractivity (Wildman–Crippen MR) is 50.6 cm³/mol. The van der Waals surface area contributed by atoms with Crippen molar-refractivity contribution in [2.75, 3.05) is 0 Å². The monoisotopic (exact) mass is 256 g/mol. The summed E-state index contributed by atoms with van der Waals surface area (Å²) in [4.78, 5) is 1.24. The van der Waals surface area contributed by atoms with Gasteiger partial charge in [0.25, 0.3) is 0 Å². The molecule has 0 nitrogen and oxygen atoms in total. The molecule has 0 fully saturated rings. The highest BCUT2D eigenvalue weighted by Gasteiger charge is 2.16. The molecule has 2 heteroatoms. The highest BCUT2D eigenvalue weighted by molar-refractivity contribution is 9.10. The van der Waals surface area contributed by atoms with E-state index in [4.69, 9.17) is 0 Å². The van der Waals surface area contributed by atoms with Crippen LogP contribution in [-0.4, -0.2) is 9.65 Å². The number of halogens is 2. The summed E-state index contributed by atoms with van der Waals surface area (Å²) in [6, 6.07) is 0. The summed E-state index contributed by atoms with van der Waals surface area (Å²) in [6.07, 6.45) is 1.23. The lowest BCUT2D eigenvalue weighted by atomic mass is 10.0. The lowest BCUT2D eigenvalue weighted by Crippen LogP contribution is -2.18. The SMILES string of the molecule is CCC(C(C)Br)C(C)Br. The van der Waals surface area contributed by atoms with Crippen LogP contribution in [0.25, 0.3) is 0 Å². The van der Waals surface area contributed by atoms with Crippen molar-refractivity contribution in [2.45, 2.75) is 36.8 Å². The molecule has 0 amide bonds. The second-order valence-corrected chi connectivity index (χ2v) is 5.32. The highest BCUT2D eigenvalue weighted by atomic mass is 79.9. The topological polar surface area (TPSA) is 0 Å². The fourth-order valence-electron chi connectivity index (χ4n) is 1.02. The van der Waals surface area contributed by atoms with Gasteiger partial charge in [0, 0.05) is 9.65 Å². The molecular weight excluding hydrogens is 244 g/mol. The maximum atomic E-state index is 3.57. The average molecular weight is 258 g/mol. The van der Waals surface area contributed by atoms with Gasteiger partial charge in [-0.1, -0.05) is 59.1 Å². The quantitative estimate of drug-likeness (QED) is 0.678. The molecule has 0 bridgehead atoms. The smallest absolute Gasteiger partial charge is 0.0156 e. The maximum Gasteiger partial charge on any atom is 0.0156 e. The Kier molecular flexibility index (Phi) is 5.23. The summed E-state index contributed by atoms with van der Waals surface area (Å²) in [5.74, 6) is 0.755. The minimum atomic E-state index is 0.622. The van der Waals surface area contributed by atoms with Crippen molar-refractivity contribution >= 4 is 31.9 Å². The van der Waals surface area contributed by atoms with Gasteiger partial charge in [-0.25, -0.2) is 0 Å². The molecule has 9 heavy (non-hydrogen) atoms. The van der Waals surface area contributed by atoms with E-state index in [9.17, 15) is 0 Å². The first-order valence-electron chi connectivity index (χ1n) is 3.37. The molecule has 0 rings (SSSR count). The van der Waals surface area contributed by atoms with Gasteiger partial charge in [-0.15, -0.1) is 0 Å². The van der Waals surface area contributed by atoms with Crippen LogP contribution in [-0.2, 0) is 0 Å². The Balaban J connectivity index is 3.68. The average Bonchev–Trinajstić information content (AvgIpc) is 1.64. The van der Waals surface area contributed by atoms with Gasteiger partial charge in [-0.3, -0.25) is 0 Å². The van der Waals surface area contributed by atoms with Crippen molar-refractivity contribution in [1.82, 2.24) is 0 Å². The van der Waals surface area contributed by atoms with Gasteiger partial charge < -0.3 is 0 Å². The zero-order valence-electron chi connectivity index (χ0n) is 6.20. The summed E-state index contributed by atoms with van der Waals surface area (Å²) in [5.41, 5.74) is 0. The number of hydrogen-bond donors (Lipinski definition) is 0. The Morgan fingerprint density at radius 3 is 1.44 bits per heavy atom. The van der Waals surface area contributed by atoms with Crippen LogP contribution in [0.15, 0.2) is 0 Å². The molecule has 0 N–H and O–H groups in total. The predicted octanol–water partition coefficient (Wildman–Crippen LogP) is 3.58. The Morgan fingerprint density at radius 2 is 1.44 bits per heavy atom. The van der Waals surface area contributed by atoms with Gasteiger partial charge in [0.15, 0.2) is 0 Å². The molecule has 0 aliphatic rings. The van der Waals surface area contributed by atoms with Crippen molar-refractivity contribution in [3.63, 3.8) is 0 Å². The molecule has 0 aromatic rings. The standard InChI is InChI=1S/C7H14Br2/c1-4-7(5(2)8)6(3)9/h5-7H,4H2,1-3H3. The molecule has 0 saturated heterocycles. The molecular formula is C7H14Br2. The molecule has 0 saturated carbocycles. The van der Waals surface area contributed by atoms with Crippen molar-refractivity contribution in [2.24, 2.45) is 5.92 Å². The third-order valence-electron chi connectivity index (χ3n) is 1.65. The third kappa shape index (κ3) is 3.61. The van der Waals surface area contributed by atoms with Gasteiger partial charge in [-0.2, -0.15) is 0 Å². The van der Waals surface area contributed by atoms with E-state index in [1.807, 2.05) is 0 Å². The van der Waals surface area contributed by atoms with Crippen LogP contribution >= 0.6 is 31.9 Å². The first kappa shape index (κ1) is 9.96. The minimum absolute atomic E-state index is 0.622. The molecule has 56 valence electrons. The molecule has 2 atom stereocenters. The van der Waals surface area contributed by atoms with Gasteiger partial charge >= 0.3 is 0 Å². The Morgan fingerprint density at radius 1 is 1.11 bits per heavy atom. The second kappa shape index (κ2) is 4.73. The molecule has 0 spiro atoms. The summed E-state index contributed by atoms with van der Waals surface area (Å²) >= 11 is 7.14. The fourth-order valence-corrected chi connectivity index (χ4v) is 3.09. The normalized spacial score (nSPS) is 21.0. The van der Waals surface area contributed by atoms with E-state index in [-0.39, 0.29) is 0 Å². The van der Waals surface area contributed by atoms with E-state index in [1.54, 1.807) is 0 Å². The molecule has 0 aliphatic carbocycles. The number of alkyl halides is 2. The van der Waals surface area contributed by atoms with E-state index in [2.05, 4.69) is 52.6 Å². The van der Waals surface area contributed by atoms with E-state index < -0.39 is 0 Å². The summed E-state index contributed by atoms with van der Waals surface area (Å²) < 4.78 is 0. The molecule has 0 aromatic carbocycles. The zero-order valence-corrected chi connectivity index (χ0v) is 9.37. The van der Waals surface area contributed by atoms with Crippen molar-refractivity contribution in [3.8, 4) is 0 Å². The van der Waals surface area contributed by atoms with Gasteiger partial charge in [0.05, 0.1) is 0 Å². The Hall–Kier alpha value is 0.960. The van der Waals surface area contributed by atoms with Crippen LogP contribution in [0.2, 0.25) is 0 Å². The van der Waals surface area contributed by atoms with Crippen molar-refractivity contribution < 1.29 is 0 Å². The van der Waals surface area contributed by atoms with Crippen LogP contribution in [0.1, 0.15) is 27.2 Å². The molecule has 0 heterocycles. The minimum Gasteiger partial charge on any atom is -0.0890 e. The van der Waals surface area contributed by atoms with Crippen LogP contribution < -0.4 is 0 Å². The lowest BCUT2D eigenvalue weighted by Gasteiger charge is -2.19. The Labute approximate surface area is 74.7 Å². The van der Waals surface area contributed by atoms with E-state index in [0.717, 1.165) is 5.92 Å². The third-order valence-corrected chi connectivity index (χ3v) is 3.01. The van der Waals surface area contributed by atoms with Gasteiger partial charge in [-0.05, 0) is 5.92 Å². The van der Waals surface area contributed by atoms with Crippen LogP contribution in [0.4, 0.5) is 0 Å². The number of rotatable bonds is 3. The fraction of sp³-hybridized carbons (Fsp3) is 1.00. The lowest BCUT2D eigenvalue weighted by molar-refractivity contribution is 0.512. The van der Waals surface area contributed by atoms with Crippen molar-refractivity contribution in [3.05, 3.63) is 0 Å². The first-order valence-corrected chi connectivity index (χ1v) is 5.20. The van der Waals surface area contributed by atoms with Crippen molar-refractivity contribution in [1.29, 1.82) is 0 Å². The van der Waals surface area contributed by atoms with Crippen LogP contribution in [0.3, 0.4) is 0 Å². The molecule has 0 aromatic heterocycles. The van der Waals surface area contributed by atoms with Crippen LogP contribution in [0, 0.1) is 5.92 Å². The first-order chi connectivity index (χ1) is 4.09. The largest absolute Gasteiger partial charge is 0.0890 e. The highest BCUT2D eigenvalue weighted by Crippen LogP contribution is 2.24. The van der Waals surface area contributed by atoms with E-state index >= 15 is 0 Å². The number of hydrogen-bond acceptors (Lipinski definition) is 0. The maximum absolute atomic E-state index is 3.57. The van der Waals surface area contributed by atoms with E-state index in [0.29, 0.717) is 9.65 Å². The molecule has 2 unspecified atom stereocenters. The summed E-state index contributed by atoms with van der Waals surface area (Å²) in [6.45, 7) is 6.62. The van der Waals surface area contributed by atoms with Crippen LogP contribution in [0.5, 0.6) is 0 Å². The van der Waals surface area contributed by atoms with Gasteiger partial charge in [0.1, 0.15) is 0 Å². The molecule has 0 radical (unpaired) electrons. The second-order valence-electron chi connectivity index (χ2n) is 2.43. The van der Waals surface area contributed by atoms with E-state index in [1.165, 1.54) is 6.42 Å². The Bertz CT molecular complexity index is 61.3. The summed E-state index contributed by atoms with van der Waals surface area (Å²) in [7, 11) is 0. The molecule has 0 aliphatic heterocycles.